The van der Waals surface area contributed by atoms with Gasteiger partial charge in [-0.1, -0.05) is 6.92 Å². The van der Waals surface area contributed by atoms with E-state index in [1.165, 1.54) is 29.8 Å². The molecule has 1 aliphatic rings. The fraction of sp³-hybridized carbons (Fsp3) is 0.600. The van der Waals surface area contributed by atoms with Gasteiger partial charge in [-0.3, -0.25) is 0 Å². The molecule has 1 aliphatic carbocycles. The third-order valence-electron chi connectivity index (χ3n) is 2.80. The molecule has 1 atom stereocenters. The van der Waals surface area contributed by atoms with Crippen molar-refractivity contribution < 1.29 is 0 Å². The molecular weight excluding hydrogens is 148 g/mol. The fourth-order valence-electron chi connectivity index (χ4n) is 2.13. The van der Waals surface area contributed by atoms with Crippen LogP contribution in [0.3, 0.4) is 0 Å². The van der Waals surface area contributed by atoms with Crippen molar-refractivity contribution in [3.63, 3.8) is 0 Å². The average molecular weight is 162 g/mol. The van der Waals surface area contributed by atoms with Gasteiger partial charge in [-0.15, -0.1) is 0 Å². The summed E-state index contributed by atoms with van der Waals surface area (Å²) in [4.78, 5) is 8.55. The number of aromatic nitrogens is 2. The molecule has 0 saturated carbocycles. The van der Waals surface area contributed by atoms with Gasteiger partial charge in [0.2, 0.25) is 0 Å². The van der Waals surface area contributed by atoms with Crippen molar-refractivity contribution in [2.75, 3.05) is 0 Å². The highest BCUT2D eigenvalue weighted by molar-refractivity contribution is 5.32. The molecule has 0 unspecified atom stereocenters. The van der Waals surface area contributed by atoms with Crippen LogP contribution in [0.15, 0.2) is 6.33 Å². The molecule has 2 nitrogen and oxygen atoms in total. The molecular formula is C10H14N2. The predicted molar refractivity (Wildman–Crippen MR) is 48.1 cm³/mol. The molecule has 0 saturated heterocycles. The molecule has 0 fully saturated rings. The first-order valence-corrected chi connectivity index (χ1v) is 4.63. The Morgan fingerprint density at radius 1 is 1.50 bits per heavy atom. The van der Waals surface area contributed by atoms with Crippen LogP contribution in [-0.2, 0) is 6.42 Å². The Hall–Kier alpha value is -0.920. The largest absolute Gasteiger partial charge is 0.241 e. The molecule has 1 heterocycles. The zero-order chi connectivity index (χ0) is 8.55. The molecule has 1 aromatic heterocycles. The summed E-state index contributed by atoms with van der Waals surface area (Å²) in [7, 11) is 0. The highest BCUT2D eigenvalue weighted by atomic mass is 14.8. The number of hydrogen-bond donors (Lipinski definition) is 0. The SMILES string of the molecule is CC[C@@H]1CCc2ncnc(C)c21. The smallest absolute Gasteiger partial charge is 0.115 e. The molecule has 0 aliphatic heterocycles. The van der Waals surface area contributed by atoms with Crippen molar-refractivity contribution >= 4 is 0 Å². The highest BCUT2D eigenvalue weighted by Gasteiger charge is 2.23. The minimum atomic E-state index is 0.723. The van der Waals surface area contributed by atoms with Crippen LogP contribution in [0.25, 0.3) is 0 Å². The van der Waals surface area contributed by atoms with Gasteiger partial charge in [0.1, 0.15) is 6.33 Å². The van der Waals surface area contributed by atoms with E-state index in [4.69, 9.17) is 0 Å². The minimum absolute atomic E-state index is 0.723. The second-order valence-electron chi connectivity index (χ2n) is 3.46. The number of aryl methyl sites for hydroxylation is 2. The number of hydrogen-bond acceptors (Lipinski definition) is 2. The first-order valence-electron chi connectivity index (χ1n) is 4.63. The van der Waals surface area contributed by atoms with Gasteiger partial charge in [0.25, 0.3) is 0 Å². The van der Waals surface area contributed by atoms with E-state index < -0.39 is 0 Å². The molecule has 0 aromatic carbocycles. The van der Waals surface area contributed by atoms with Gasteiger partial charge in [0.15, 0.2) is 0 Å². The third-order valence-corrected chi connectivity index (χ3v) is 2.80. The monoisotopic (exact) mass is 162 g/mol. The van der Waals surface area contributed by atoms with Gasteiger partial charge in [0.05, 0.1) is 0 Å². The molecule has 64 valence electrons. The van der Waals surface area contributed by atoms with E-state index in [1.54, 1.807) is 6.33 Å². The Bertz CT molecular complexity index is 294. The Balaban J connectivity index is 2.48. The summed E-state index contributed by atoms with van der Waals surface area (Å²) in [6, 6.07) is 0. The van der Waals surface area contributed by atoms with E-state index in [-0.39, 0.29) is 0 Å². The standard InChI is InChI=1S/C10H14N2/c1-3-8-4-5-9-10(8)7(2)11-6-12-9/h6,8H,3-5H2,1-2H3/t8-/m1/s1. The van der Waals surface area contributed by atoms with E-state index in [2.05, 4.69) is 23.8 Å². The summed E-state index contributed by atoms with van der Waals surface area (Å²) in [5, 5.41) is 0. The lowest BCUT2D eigenvalue weighted by atomic mass is 9.99. The summed E-state index contributed by atoms with van der Waals surface area (Å²) < 4.78 is 0. The van der Waals surface area contributed by atoms with Crippen LogP contribution in [-0.4, -0.2) is 9.97 Å². The highest BCUT2D eigenvalue weighted by Crippen LogP contribution is 2.35. The lowest BCUT2D eigenvalue weighted by molar-refractivity contribution is 0.651. The van der Waals surface area contributed by atoms with E-state index in [0.29, 0.717) is 0 Å². The van der Waals surface area contributed by atoms with Crippen LogP contribution in [0.2, 0.25) is 0 Å². The first-order chi connectivity index (χ1) is 5.83. The lowest BCUT2D eigenvalue weighted by Crippen LogP contribution is -1.98. The molecule has 0 bridgehead atoms. The van der Waals surface area contributed by atoms with Gasteiger partial charge in [0, 0.05) is 11.4 Å². The second kappa shape index (κ2) is 2.85. The number of fused-ring (bicyclic) bond motifs is 1. The van der Waals surface area contributed by atoms with E-state index >= 15 is 0 Å². The molecule has 2 rings (SSSR count). The zero-order valence-corrected chi connectivity index (χ0v) is 7.67. The van der Waals surface area contributed by atoms with Crippen molar-refractivity contribution in [3.05, 3.63) is 23.3 Å². The number of nitrogens with zero attached hydrogens (tertiary/aromatic N) is 2. The molecule has 0 amide bonds. The van der Waals surface area contributed by atoms with Gasteiger partial charge >= 0.3 is 0 Å². The second-order valence-corrected chi connectivity index (χ2v) is 3.46. The van der Waals surface area contributed by atoms with Crippen LogP contribution in [0, 0.1) is 6.92 Å². The maximum absolute atomic E-state index is 4.31. The van der Waals surface area contributed by atoms with Crippen LogP contribution in [0.5, 0.6) is 0 Å². The van der Waals surface area contributed by atoms with Gasteiger partial charge in [-0.2, -0.15) is 0 Å². The van der Waals surface area contributed by atoms with E-state index in [1.807, 2.05) is 0 Å². The van der Waals surface area contributed by atoms with Gasteiger partial charge in [-0.05, 0) is 37.7 Å². The third kappa shape index (κ3) is 1.02. The van der Waals surface area contributed by atoms with Crippen LogP contribution in [0.1, 0.15) is 42.6 Å². The van der Waals surface area contributed by atoms with Crippen molar-refractivity contribution in [2.24, 2.45) is 0 Å². The quantitative estimate of drug-likeness (QED) is 0.632. The van der Waals surface area contributed by atoms with E-state index in [9.17, 15) is 0 Å². The summed E-state index contributed by atoms with van der Waals surface area (Å²) in [6.07, 6.45) is 5.33. The normalized spacial score (nSPS) is 21.0. The molecule has 0 radical (unpaired) electrons. The summed E-state index contributed by atoms with van der Waals surface area (Å²) >= 11 is 0. The van der Waals surface area contributed by atoms with Crippen LogP contribution >= 0.6 is 0 Å². The molecule has 2 heteroatoms. The lowest BCUT2D eigenvalue weighted by Gasteiger charge is -2.08. The Morgan fingerprint density at radius 2 is 2.33 bits per heavy atom. The fourth-order valence-corrected chi connectivity index (χ4v) is 2.13. The van der Waals surface area contributed by atoms with Crippen LogP contribution in [0.4, 0.5) is 0 Å². The van der Waals surface area contributed by atoms with Crippen molar-refractivity contribution in [2.45, 2.75) is 39.0 Å². The molecule has 12 heavy (non-hydrogen) atoms. The maximum Gasteiger partial charge on any atom is 0.115 e. The van der Waals surface area contributed by atoms with Gasteiger partial charge in [-0.25, -0.2) is 9.97 Å². The summed E-state index contributed by atoms with van der Waals surface area (Å²) in [6.45, 7) is 4.33. The minimum Gasteiger partial charge on any atom is -0.241 e. The van der Waals surface area contributed by atoms with E-state index in [0.717, 1.165) is 12.3 Å². The van der Waals surface area contributed by atoms with Crippen molar-refractivity contribution in [1.29, 1.82) is 0 Å². The van der Waals surface area contributed by atoms with Gasteiger partial charge < -0.3 is 0 Å². The topological polar surface area (TPSA) is 25.8 Å². The Labute approximate surface area is 73.1 Å². The predicted octanol–water partition coefficient (Wildman–Crippen LogP) is 2.22. The summed E-state index contributed by atoms with van der Waals surface area (Å²) in [5.41, 5.74) is 3.90. The first kappa shape index (κ1) is 7.71. The van der Waals surface area contributed by atoms with Crippen molar-refractivity contribution in [3.8, 4) is 0 Å². The average Bonchev–Trinajstić information content (AvgIpc) is 2.49. The maximum atomic E-state index is 4.31. The molecule has 0 N–H and O–H groups in total. The molecule has 0 spiro atoms. The summed E-state index contributed by atoms with van der Waals surface area (Å²) in [5.74, 6) is 0.723. The van der Waals surface area contributed by atoms with Crippen molar-refractivity contribution in [1.82, 2.24) is 9.97 Å². The Kier molecular flexibility index (Phi) is 1.83. The molecule has 1 aromatic rings. The van der Waals surface area contributed by atoms with Crippen LogP contribution < -0.4 is 0 Å². The Morgan fingerprint density at radius 3 is 3.08 bits per heavy atom. The zero-order valence-electron chi connectivity index (χ0n) is 7.67. The number of rotatable bonds is 1.